The van der Waals surface area contributed by atoms with Crippen LogP contribution in [-0.2, 0) is 12.8 Å². The van der Waals surface area contributed by atoms with Gasteiger partial charge < -0.3 is 10.0 Å². The van der Waals surface area contributed by atoms with Crippen molar-refractivity contribution in [2.45, 2.75) is 39.0 Å². The van der Waals surface area contributed by atoms with Crippen LogP contribution in [0.15, 0.2) is 60.7 Å². The third kappa shape index (κ3) is 5.66. The zero-order chi connectivity index (χ0) is 25.9. The largest absolute Gasteiger partial charge is 0.478 e. The average molecular weight is 518 g/mol. The molecule has 0 amide bonds. The number of halogens is 2. The molecule has 37 heavy (non-hydrogen) atoms. The number of carboxylic acid groups (broad SMARTS) is 1. The minimum absolute atomic E-state index is 0.239. The number of hydrogen-bond acceptors (Lipinski definition) is 2. The van der Waals surface area contributed by atoms with Crippen molar-refractivity contribution in [2.24, 2.45) is 5.92 Å². The molecule has 0 radical (unpaired) electrons. The van der Waals surface area contributed by atoms with Crippen LogP contribution in [0.25, 0.3) is 11.1 Å². The molecule has 1 N–H and O–H groups in total. The van der Waals surface area contributed by atoms with Gasteiger partial charge in [0.1, 0.15) is 0 Å². The number of likely N-dealkylation sites (tertiary alicyclic amines) is 1. The molecule has 0 saturated carbocycles. The van der Waals surface area contributed by atoms with Crippen molar-refractivity contribution >= 4 is 28.7 Å². The molecule has 0 atom stereocenters. The van der Waals surface area contributed by atoms with E-state index in [0.29, 0.717) is 17.9 Å². The number of benzene rings is 3. The minimum Gasteiger partial charge on any atom is -0.478 e. The molecule has 1 aliphatic carbocycles. The van der Waals surface area contributed by atoms with Gasteiger partial charge in [0.2, 0.25) is 0 Å². The highest BCUT2D eigenvalue weighted by atomic mass is 35.5. The van der Waals surface area contributed by atoms with E-state index in [9.17, 15) is 14.3 Å². The highest BCUT2D eigenvalue weighted by Gasteiger charge is 2.26. The van der Waals surface area contributed by atoms with E-state index in [1.54, 1.807) is 6.07 Å². The van der Waals surface area contributed by atoms with Crippen LogP contribution in [0.1, 0.15) is 63.0 Å². The maximum absolute atomic E-state index is 12.4. The van der Waals surface area contributed by atoms with Crippen molar-refractivity contribution in [1.29, 1.82) is 0 Å². The fraction of sp³-hybridized carbons (Fsp3) is 0.344. The Bertz CT molecular complexity index is 1330. The number of nitrogens with zero attached hydrogens (tertiary/aromatic N) is 1. The SMILES string of the molecule is Cc1cc(Cl)ccc1C1=C(c2ccc(CC3CN(CCCF)C3)cc2)c2ccc(C(=O)O)cc2CCC1. The van der Waals surface area contributed by atoms with Crippen LogP contribution in [-0.4, -0.2) is 42.3 Å². The summed E-state index contributed by atoms with van der Waals surface area (Å²) in [6, 6.07) is 20.5. The number of fused-ring (bicyclic) bond motifs is 1. The summed E-state index contributed by atoms with van der Waals surface area (Å²) in [5.74, 6) is -0.264. The lowest BCUT2D eigenvalue weighted by atomic mass is 9.85. The Morgan fingerprint density at radius 3 is 2.49 bits per heavy atom. The topological polar surface area (TPSA) is 40.5 Å². The van der Waals surface area contributed by atoms with Gasteiger partial charge >= 0.3 is 5.97 Å². The summed E-state index contributed by atoms with van der Waals surface area (Å²) in [7, 11) is 0. The first kappa shape index (κ1) is 25.7. The normalized spacial score (nSPS) is 16.3. The summed E-state index contributed by atoms with van der Waals surface area (Å²) < 4.78 is 12.4. The molecular weight excluding hydrogens is 485 g/mol. The molecule has 0 unspecified atom stereocenters. The standard InChI is InChI=1S/C32H33ClFNO2/c1-21-16-27(33)11-13-28(21)30-5-2-4-25-18-26(32(36)37)10-12-29(25)31(30)24-8-6-22(7-9-24)17-23-19-35(20-23)15-3-14-34/h6-13,16,18,23H,2-5,14-15,17,19-20H2,1H3,(H,36,37). The van der Waals surface area contributed by atoms with Crippen molar-refractivity contribution in [1.82, 2.24) is 4.90 Å². The van der Waals surface area contributed by atoms with Gasteiger partial charge in [-0.3, -0.25) is 4.39 Å². The number of alkyl halides is 1. The Morgan fingerprint density at radius 2 is 1.78 bits per heavy atom. The first-order valence-corrected chi connectivity index (χ1v) is 13.5. The fourth-order valence-electron chi connectivity index (χ4n) is 5.90. The van der Waals surface area contributed by atoms with Crippen molar-refractivity contribution < 1.29 is 14.3 Å². The second-order valence-corrected chi connectivity index (χ2v) is 10.8. The number of carbonyl (C=O) groups is 1. The Hall–Kier alpha value is -2.95. The van der Waals surface area contributed by atoms with Gasteiger partial charge in [0.05, 0.1) is 12.2 Å². The molecule has 1 saturated heterocycles. The van der Waals surface area contributed by atoms with Crippen molar-refractivity contribution in [3.8, 4) is 0 Å². The van der Waals surface area contributed by atoms with Crippen LogP contribution in [0.3, 0.4) is 0 Å². The van der Waals surface area contributed by atoms with E-state index in [2.05, 4.69) is 42.2 Å². The van der Waals surface area contributed by atoms with E-state index < -0.39 is 5.97 Å². The summed E-state index contributed by atoms with van der Waals surface area (Å²) in [4.78, 5) is 14.0. The smallest absolute Gasteiger partial charge is 0.335 e. The zero-order valence-electron chi connectivity index (χ0n) is 21.3. The minimum atomic E-state index is -0.894. The van der Waals surface area contributed by atoms with Crippen LogP contribution in [0.2, 0.25) is 5.02 Å². The molecule has 192 valence electrons. The molecule has 1 aliphatic heterocycles. The second kappa shape index (κ2) is 11.2. The number of aryl methyl sites for hydroxylation is 2. The van der Waals surface area contributed by atoms with E-state index in [0.717, 1.165) is 72.6 Å². The highest BCUT2D eigenvalue weighted by molar-refractivity contribution is 6.30. The van der Waals surface area contributed by atoms with Gasteiger partial charge in [-0.2, -0.15) is 0 Å². The van der Waals surface area contributed by atoms with E-state index >= 15 is 0 Å². The summed E-state index contributed by atoms with van der Waals surface area (Å²) in [5.41, 5.74) is 9.81. The molecule has 3 aromatic carbocycles. The van der Waals surface area contributed by atoms with Gasteiger partial charge in [0.25, 0.3) is 0 Å². The van der Waals surface area contributed by atoms with Gasteiger partial charge in [-0.05, 0) is 114 Å². The summed E-state index contributed by atoms with van der Waals surface area (Å²) >= 11 is 6.29. The molecule has 1 heterocycles. The van der Waals surface area contributed by atoms with Gasteiger partial charge in [-0.25, -0.2) is 4.79 Å². The van der Waals surface area contributed by atoms with E-state index in [1.807, 2.05) is 24.3 Å². The Balaban J connectivity index is 1.51. The Labute approximate surface area is 223 Å². The number of carboxylic acids is 1. The molecule has 5 heteroatoms. The number of allylic oxidation sites excluding steroid dienone is 1. The monoisotopic (exact) mass is 517 g/mol. The number of rotatable bonds is 8. The molecular formula is C32H33ClFNO2. The third-order valence-corrected chi connectivity index (χ3v) is 7.95. The van der Waals surface area contributed by atoms with Crippen LogP contribution < -0.4 is 0 Å². The zero-order valence-corrected chi connectivity index (χ0v) is 22.0. The number of aromatic carboxylic acids is 1. The van der Waals surface area contributed by atoms with E-state index in [-0.39, 0.29) is 6.67 Å². The predicted octanol–water partition coefficient (Wildman–Crippen LogP) is 7.48. The van der Waals surface area contributed by atoms with Crippen molar-refractivity contribution in [3.63, 3.8) is 0 Å². The second-order valence-electron chi connectivity index (χ2n) is 10.4. The van der Waals surface area contributed by atoms with Crippen LogP contribution in [0.5, 0.6) is 0 Å². The predicted molar refractivity (Wildman–Crippen MR) is 149 cm³/mol. The lowest BCUT2D eigenvalue weighted by Crippen LogP contribution is -2.47. The summed E-state index contributed by atoms with van der Waals surface area (Å²) in [6.45, 7) is 4.81. The van der Waals surface area contributed by atoms with Crippen LogP contribution in [0, 0.1) is 12.8 Å². The van der Waals surface area contributed by atoms with Gasteiger partial charge in [-0.15, -0.1) is 0 Å². The van der Waals surface area contributed by atoms with Crippen molar-refractivity contribution in [3.05, 3.63) is 105 Å². The summed E-state index contributed by atoms with van der Waals surface area (Å²) in [6.07, 6.45) is 4.37. The number of hydrogen-bond donors (Lipinski definition) is 1. The average Bonchev–Trinajstić information content (AvgIpc) is 3.04. The molecule has 2 aliphatic rings. The maximum Gasteiger partial charge on any atom is 0.335 e. The van der Waals surface area contributed by atoms with Gasteiger partial charge in [0, 0.05) is 24.7 Å². The maximum atomic E-state index is 12.4. The van der Waals surface area contributed by atoms with Crippen LogP contribution >= 0.6 is 11.6 Å². The Kier molecular flexibility index (Phi) is 7.78. The molecule has 1 fully saturated rings. The first-order chi connectivity index (χ1) is 17.9. The van der Waals surface area contributed by atoms with E-state index in [1.165, 1.54) is 22.3 Å². The lowest BCUT2D eigenvalue weighted by molar-refractivity contribution is 0.0696. The molecule has 3 aromatic rings. The van der Waals surface area contributed by atoms with Crippen LogP contribution in [0.4, 0.5) is 4.39 Å². The Morgan fingerprint density at radius 1 is 1.03 bits per heavy atom. The third-order valence-electron chi connectivity index (χ3n) is 7.72. The van der Waals surface area contributed by atoms with Gasteiger partial charge in [-0.1, -0.05) is 48.0 Å². The first-order valence-electron chi connectivity index (χ1n) is 13.2. The highest BCUT2D eigenvalue weighted by Crippen LogP contribution is 2.41. The molecule has 0 aromatic heterocycles. The molecule has 0 bridgehead atoms. The summed E-state index contributed by atoms with van der Waals surface area (Å²) in [5, 5.41) is 10.3. The lowest BCUT2D eigenvalue weighted by Gasteiger charge is -2.39. The quantitative estimate of drug-likeness (QED) is 0.337. The molecule has 3 nitrogen and oxygen atoms in total. The molecule has 0 spiro atoms. The van der Waals surface area contributed by atoms with Crippen molar-refractivity contribution in [2.75, 3.05) is 26.3 Å². The van der Waals surface area contributed by atoms with Gasteiger partial charge in [0.15, 0.2) is 0 Å². The fourth-order valence-corrected chi connectivity index (χ4v) is 6.12. The molecule has 5 rings (SSSR count). The van der Waals surface area contributed by atoms with E-state index in [4.69, 9.17) is 11.6 Å².